The fraction of sp³-hybridized carbons (Fsp3) is 0.600. The highest BCUT2D eigenvalue weighted by Gasteiger charge is 2.11. The molecule has 1 amide bonds. The van der Waals surface area contributed by atoms with Gasteiger partial charge in [0.25, 0.3) is 5.91 Å². The number of unbranched alkanes of at least 4 members (excludes halogenated alkanes) is 2. The van der Waals surface area contributed by atoms with E-state index >= 15 is 0 Å². The van der Waals surface area contributed by atoms with E-state index in [1.54, 1.807) is 18.1 Å². The third kappa shape index (κ3) is 3.91. The van der Waals surface area contributed by atoms with Gasteiger partial charge in [-0.3, -0.25) is 9.89 Å². The monoisotopic (exact) mass is 229 g/mol. The summed E-state index contributed by atoms with van der Waals surface area (Å²) in [4.78, 5) is 13.4. The Balaban J connectivity index is 2.28. The summed E-state index contributed by atoms with van der Waals surface area (Å²) in [5.41, 5.74) is 0.606. The van der Waals surface area contributed by atoms with Gasteiger partial charge in [0.2, 0.25) is 0 Å². The lowest BCUT2D eigenvalue weighted by molar-refractivity contribution is 0.0793. The van der Waals surface area contributed by atoms with Gasteiger partial charge in [-0.1, -0.05) is 6.42 Å². The molecule has 0 fully saturated rings. The van der Waals surface area contributed by atoms with Gasteiger partial charge in [-0.05, 0) is 12.8 Å². The summed E-state index contributed by atoms with van der Waals surface area (Å²) in [6.07, 6.45) is 6.21. The number of carbonyl (C=O) groups is 1. The largest absolute Gasteiger partial charge is 0.342 e. The topological polar surface area (TPSA) is 49.0 Å². The number of H-pyrrole nitrogens is 1. The molecule has 0 aromatic carbocycles. The molecule has 84 valence electrons. The van der Waals surface area contributed by atoms with Gasteiger partial charge in [-0.25, -0.2) is 0 Å². The summed E-state index contributed by atoms with van der Waals surface area (Å²) in [5, 5.41) is 6.37. The average molecular weight is 230 g/mol. The van der Waals surface area contributed by atoms with Crippen LogP contribution in [0.15, 0.2) is 12.4 Å². The number of hydrogen-bond donors (Lipinski definition) is 1. The van der Waals surface area contributed by atoms with Crippen molar-refractivity contribution in [2.75, 3.05) is 19.5 Å². The molecule has 0 saturated carbocycles. The van der Waals surface area contributed by atoms with E-state index in [0.29, 0.717) is 11.4 Å². The number of alkyl halides is 1. The number of carbonyl (C=O) groups excluding carboxylic acids is 1. The third-order valence-corrected chi connectivity index (χ3v) is 2.49. The Morgan fingerprint density at radius 1 is 1.53 bits per heavy atom. The van der Waals surface area contributed by atoms with E-state index in [9.17, 15) is 4.79 Å². The predicted molar refractivity (Wildman–Crippen MR) is 60.1 cm³/mol. The quantitative estimate of drug-likeness (QED) is 0.598. The Hall–Kier alpha value is -1.03. The molecule has 1 aromatic heterocycles. The van der Waals surface area contributed by atoms with Gasteiger partial charge in [-0.15, -0.1) is 11.6 Å². The van der Waals surface area contributed by atoms with E-state index in [1.807, 2.05) is 0 Å². The van der Waals surface area contributed by atoms with Crippen LogP contribution >= 0.6 is 11.6 Å². The molecule has 0 aliphatic carbocycles. The number of aromatic nitrogens is 2. The van der Waals surface area contributed by atoms with Crippen molar-refractivity contribution in [2.24, 2.45) is 0 Å². The summed E-state index contributed by atoms with van der Waals surface area (Å²) >= 11 is 5.57. The maximum Gasteiger partial charge on any atom is 0.256 e. The Labute approximate surface area is 94.6 Å². The molecule has 0 spiro atoms. The number of rotatable bonds is 6. The number of hydrogen-bond acceptors (Lipinski definition) is 2. The van der Waals surface area contributed by atoms with Crippen molar-refractivity contribution >= 4 is 17.5 Å². The first-order valence-electron chi connectivity index (χ1n) is 5.06. The molecule has 0 aliphatic rings. The second kappa shape index (κ2) is 6.45. The molecule has 0 aliphatic heterocycles. The minimum Gasteiger partial charge on any atom is -0.342 e. The van der Waals surface area contributed by atoms with Gasteiger partial charge in [0.15, 0.2) is 0 Å². The van der Waals surface area contributed by atoms with Crippen molar-refractivity contribution < 1.29 is 4.79 Å². The van der Waals surface area contributed by atoms with Crippen LogP contribution in [0, 0.1) is 0 Å². The highest BCUT2D eigenvalue weighted by Crippen LogP contribution is 2.03. The second-order valence-corrected chi connectivity index (χ2v) is 3.84. The van der Waals surface area contributed by atoms with Crippen LogP contribution < -0.4 is 0 Å². The molecule has 4 nitrogen and oxygen atoms in total. The number of halogens is 1. The molecule has 0 unspecified atom stereocenters. The van der Waals surface area contributed by atoms with E-state index in [1.165, 1.54) is 6.20 Å². The maximum atomic E-state index is 11.7. The highest BCUT2D eigenvalue weighted by atomic mass is 35.5. The van der Waals surface area contributed by atoms with Crippen molar-refractivity contribution in [1.82, 2.24) is 15.1 Å². The van der Waals surface area contributed by atoms with Crippen LogP contribution in [-0.4, -0.2) is 40.5 Å². The molecule has 1 rings (SSSR count). The lowest BCUT2D eigenvalue weighted by Crippen LogP contribution is -2.27. The maximum absolute atomic E-state index is 11.7. The summed E-state index contributed by atoms with van der Waals surface area (Å²) in [6, 6.07) is 0. The number of aromatic amines is 1. The molecule has 1 N–H and O–H groups in total. The van der Waals surface area contributed by atoms with E-state index in [4.69, 9.17) is 11.6 Å². The van der Waals surface area contributed by atoms with Gasteiger partial charge in [0, 0.05) is 25.7 Å². The van der Waals surface area contributed by atoms with Gasteiger partial charge >= 0.3 is 0 Å². The first-order valence-corrected chi connectivity index (χ1v) is 5.59. The molecule has 0 radical (unpaired) electrons. The Morgan fingerprint density at radius 2 is 2.33 bits per heavy atom. The number of nitrogens with one attached hydrogen (secondary N) is 1. The third-order valence-electron chi connectivity index (χ3n) is 2.22. The minimum atomic E-state index is 0.00891. The first kappa shape index (κ1) is 12.0. The lowest BCUT2D eigenvalue weighted by atomic mass is 10.2. The van der Waals surface area contributed by atoms with Gasteiger partial charge in [-0.2, -0.15) is 5.10 Å². The zero-order valence-electron chi connectivity index (χ0n) is 8.87. The number of nitrogens with zero attached hydrogens (tertiary/aromatic N) is 2. The fourth-order valence-electron chi connectivity index (χ4n) is 1.31. The lowest BCUT2D eigenvalue weighted by Gasteiger charge is -2.15. The molecular formula is C10H16ClN3O. The molecular weight excluding hydrogens is 214 g/mol. The molecule has 5 heteroatoms. The van der Waals surface area contributed by atoms with E-state index < -0.39 is 0 Å². The average Bonchev–Trinajstić information content (AvgIpc) is 2.76. The standard InChI is InChI=1S/C10H16ClN3O/c1-14(6-4-2-3-5-11)10(15)9-7-12-13-8-9/h7-8H,2-6H2,1H3,(H,12,13). The molecule has 0 atom stereocenters. The van der Waals surface area contributed by atoms with Gasteiger partial charge in [0.1, 0.15) is 0 Å². The van der Waals surface area contributed by atoms with Crippen LogP contribution in [0.2, 0.25) is 0 Å². The summed E-state index contributed by atoms with van der Waals surface area (Å²) in [7, 11) is 1.80. The zero-order chi connectivity index (χ0) is 11.1. The van der Waals surface area contributed by atoms with E-state index in [0.717, 1.165) is 25.8 Å². The van der Waals surface area contributed by atoms with Crippen LogP contribution in [0.5, 0.6) is 0 Å². The van der Waals surface area contributed by atoms with Crippen molar-refractivity contribution in [3.8, 4) is 0 Å². The molecule has 15 heavy (non-hydrogen) atoms. The minimum absolute atomic E-state index is 0.00891. The molecule has 1 aromatic rings. The summed E-state index contributed by atoms with van der Waals surface area (Å²) < 4.78 is 0. The molecule has 0 saturated heterocycles. The van der Waals surface area contributed by atoms with Crippen LogP contribution in [0.4, 0.5) is 0 Å². The van der Waals surface area contributed by atoms with Crippen molar-refractivity contribution in [2.45, 2.75) is 19.3 Å². The van der Waals surface area contributed by atoms with E-state index in [2.05, 4.69) is 10.2 Å². The Kier molecular flexibility index (Phi) is 5.18. The van der Waals surface area contributed by atoms with Crippen LogP contribution in [-0.2, 0) is 0 Å². The first-order chi connectivity index (χ1) is 7.25. The SMILES string of the molecule is CN(CCCCCCl)C(=O)c1cn[nH]c1. The van der Waals surface area contributed by atoms with Crippen LogP contribution in [0.3, 0.4) is 0 Å². The van der Waals surface area contributed by atoms with Crippen molar-refractivity contribution in [3.63, 3.8) is 0 Å². The molecule has 0 bridgehead atoms. The smallest absolute Gasteiger partial charge is 0.256 e. The fourth-order valence-corrected chi connectivity index (χ4v) is 1.50. The normalized spacial score (nSPS) is 10.3. The van der Waals surface area contributed by atoms with Crippen LogP contribution in [0.25, 0.3) is 0 Å². The van der Waals surface area contributed by atoms with Gasteiger partial charge in [0.05, 0.1) is 11.8 Å². The highest BCUT2D eigenvalue weighted by molar-refractivity contribution is 6.17. The Bertz CT molecular complexity index is 287. The van der Waals surface area contributed by atoms with Crippen molar-refractivity contribution in [1.29, 1.82) is 0 Å². The Morgan fingerprint density at radius 3 is 2.93 bits per heavy atom. The van der Waals surface area contributed by atoms with Gasteiger partial charge < -0.3 is 4.90 Å². The van der Waals surface area contributed by atoms with Crippen molar-refractivity contribution in [3.05, 3.63) is 18.0 Å². The van der Waals surface area contributed by atoms with Crippen LogP contribution in [0.1, 0.15) is 29.6 Å². The number of amides is 1. The predicted octanol–water partition coefficient (Wildman–Crippen LogP) is 1.89. The molecule has 1 heterocycles. The summed E-state index contributed by atoms with van der Waals surface area (Å²) in [6.45, 7) is 0.765. The second-order valence-electron chi connectivity index (χ2n) is 3.46. The summed E-state index contributed by atoms with van der Waals surface area (Å²) in [5.74, 6) is 0.703. The zero-order valence-corrected chi connectivity index (χ0v) is 9.63. The van der Waals surface area contributed by atoms with E-state index in [-0.39, 0.29) is 5.91 Å².